The van der Waals surface area contributed by atoms with Gasteiger partial charge in [-0.1, -0.05) is 26.8 Å². The lowest BCUT2D eigenvalue weighted by Gasteiger charge is -2.40. The highest BCUT2D eigenvalue weighted by molar-refractivity contribution is 5.24. The Hall–Kier alpha value is -0.930. The summed E-state index contributed by atoms with van der Waals surface area (Å²) in [5.74, 6) is 0.823. The van der Waals surface area contributed by atoms with Gasteiger partial charge in [0.25, 0.3) is 0 Å². The molecule has 0 unspecified atom stereocenters. The molecule has 0 N–H and O–H groups in total. The fraction of sp³-hybridized carbons (Fsp3) is 0.773. The Kier molecular flexibility index (Phi) is 6.17. The van der Waals surface area contributed by atoms with Crippen LogP contribution in [0.2, 0.25) is 0 Å². The molecule has 3 heteroatoms. The largest absolute Gasteiger partial charge is 0.381 e. The monoisotopic (exact) mass is 344 g/mol. The van der Waals surface area contributed by atoms with Crippen molar-refractivity contribution in [1.29, 1.82) is 0 Å². The van der Waals surface area contributed by atoms with Crippen LogP contribution in [0.25, 0.3) is 0 Å². The van der Waals surface area contributed by atoms with Gasteiger partial charge in [0.05, 0.1) is 6.10 Å². The minimum atomic E-state index is 0.188. The van der Waals surface area contributed by atoms with Gasteiger partial charge >= 0.3 is 0 Å². The molecule has 140 valence electrons. The van der Waals surface area contributed by atoms with E-state index in [1.807, 2.05) is 13.3 Å². The molecule has 2 heterocycles. The summed E-state index contributed by atoms with van der Waals surface area (Å²) in [5.41, 5.74) is 2.97. The highest BCUT2D eigenvalue weighted by Gasteiger charge is 2.29. The smallest absolute Gasteiger partial charge is 0.0572 e. The van der Waals surface area contributed by atoms with Crippen LogP contribution in [0.4, 0.5) is 0 Å². The van der Waals surface area contributed by atoms with E-state index >= 15 is 0 Å². The van der Waals surface area contributed by atoms with E-state index in [0.29, 0.717) is 6.10 Å². The van der Waals surface area contributed by atoms with E-state index in [1.165, 1.54) is 69.2 Å². The summed E-state index contributed by atoms with van der Waals surface area (Å²) >= 11 is 0. The highest BCUT2D eigenvalue weighted by Crippen LogP contribution is 2.30. The number of rotatable bonds is 4. The lowest BCUT2D eigenvalue weighted by Crippen LogP contribution is -2.44. The van der Waals surface area contributed by atoms with Crippen LogP contribution in [0.5, 0.6) is 0 Å². The van der Waals surface area contributed by atoms with Crippen LogP contribution in [0, 0.1) is 5.92 Å². The van der Waals surface area contributed by atoms with Crippen LogP contribution in [-0.2, 0) is 16.6 Å². The molecule has 2 aliphatic rings. The van der Waals surface area contributed by atoms with Crippen LogP contribution in [-0.4, -0.2) is 42.2 Å². The van der Waals surface area contributed by atoms with Gasteiger partial charge < -0.3 is 9.64 Å². The maximum absolute atomic E-state index is 5.52. The van der Waals surface area contributed by atoms with Gasteiger partial charge in [0.15, 0.2) is 0 Å². The fourth-order valence-electron chi connectivity index (χ4n) is 4.51. The van der Waals surface area contributed by atoms with Crippen LogP contribution < -0.4 is 0 Å². The average molecular weight is 345 g/mol. The van der Waals surface area contributed by atoms with Gasteiger partial charge in [0, 0.05) is 25.5 Å². The maximum atomic E-state index is 5.52. The van der Waals surface area contributed by atoms with E-state index in [2.05, 4.69) is 42.9 Å². The van der Waals surface area contributed by atoms with Crippen molar-refractivity contribution in [3.8, 4) is 0 Å². The molecular weight excluding hydrogens is 308 g/mol. The zero-order valence-electron chi connectivity index (χ0n) is 16.6. The summed E-state index contributed by atoms with van der Waals surface area (Å²) < 4.78 is 5.52. The number of likely N-dealkylation sites (tertiary alicyclic amines) is 1. The second-order valence-corrected chi connectivity index (χ2v) is 9.18. The molecule has 0 atom stereocenters. The predicted octanol–water partition coefficient (Wildman–Crippen LogP) is 4.59. The predicted molar refractivity (Wildman–Crippen MR) is 104 cm³/mol. The van der Waals surface area contributed by atoms with Crippen molar-refractivity contribution < 1.29 is 4.74 Å². The first-order valence-corrected chi connectivity index (χ1v) is 10.2. The second-order valence-electron chi connectivity index (χ2n) is 9.18. The molecule has 1 saturated carbocycles. The first-order valence-electron chi connectivity index (χ1n) is 10.2. The normalized spacial score (nSPS) is 26.7. The molecule has 25 heavy (non-hydrogen) atoms. The summed E-state index contributed by atoms with van der Waals surface area (Å²) in [7, 11) is 1.86. The number of piperidine rings is 1. The van der Waals surface area contributed by atoms with Gasteiger partial charge in [0.1, 0.15) is 0 Å². The Bertz CT molecular complexity index is 535. The Balaban J connectivity index is 1.48. The number of pyridine rings is 1. The Morgan fingerprint density at radius 3 is 2.32 bits per heavy atom. The number of nitrogens with zero attached hydrogens (tertiary/aromatic N) is 2. The molecule has 1 aliphatic heterocycles. The molecule has 2 fully saturated rings. The van der Waals surface area contributed by atoms with Crippen molar-refractivity contribution in [3.63, 3.8) is 0 Å². The van der Waals surface area contributed by atoms with Crippen LogP contribution in [0.1, 0.15) is 70.4 Å². The summed E-state index contributed by atoms with van der Waals surface area (Å²) in [6, 6.07) is 3.18. The number of aromatic nitrogens is 1. The topological polar surface area (TPSA) is 25.4 Å². The molecular formula is C22H36N2O. The lowest BCUT2D eigenvalue weighted by molar-refractivity contribution is 0.0290. The average Bonchev–Trinajstić information content (AvgIpc) is 2.62. The summed E-state index contributed by atoms with van der Waals surface area (Å²) in [6.45, 7) is 9.36. The van der Waals surface area contributed by atoms with E-state index in [1.54, 1.807) is 0 Å². The molecule has 1 aliphatic carbocycles. The molecule has 0 aromatic carbocycles. The minimum absolute atomic E-state index is 0.188. The molecule has 1 aromatic heterocycles. The van der Waals surface area contributed by atoms with Gasteiger partial charge in [-0.15, -0.1) is 0 Å². The third-order valence-corrected chi connectivity index (χ3v) is 6.33. The maximum Gasteiger partial charge on any atom is 0.0572 e. The van der Waals surface area contributed by atoms with Crippen molar-refractivity contribution in [2.24, 2.45) is 5.92 Å². The molecule has 1 saturated heterocycles. The van der Waals surface area contributed by atoms with E-state index < -0.39 is 0 Å². The number of ether oxygens (including phenoxy) is 1. The Labute approximate surface area is 154 Å². The van der Waals surface area contributed by atoms with E-state index in [-0.39, 0.29) is 5.41 Å². The van der Waals surface area contributed by atoms with Gasteiger partial charge in [-0.2, -0.15) is 0 Å². The van der Waals surface area contributed by atoms with E-state index in [4.69, 9.17) is 4.74 Å². The Morgan fingerprint density at radius 1 is 1.04 bits per heavy atom. The molecule has 0 bridgehead atoms. The molecule has 3 nitrogen and oxygen atoms in total. The van der Waals surface area contributed by atoms with E-state index in [9.17, 15) is 0 Å². The van der Waals surface area contributed by atoms with Crippen molar-refractivity contribution in [2.45, 2.75) is 83.3 Å². The first kappa shape index (κ1) is 18.8. The van der Waals surface area contributed by atoms with Gasteiger partial charge in [-0.3, -0.25) is 4.98 Å². The third-order valence-electron chi connectivity index (χ3n) is 6.33. The second kappa shape index (κ2) is 8.18. The third kappa shape index (κ3) is 5.04. The number of hydrogen-bond donors (Lipinski definition) is 0. The summed E-state index contributed by atoms with van der Waals surface area (Å²) in [4.78, 5) is 7.25. The van der Waals surface area contributed by atoms with E-state index in [0.717, 1.165) is 12.0 Å². The fourth-order valence-corrected chi connectivity index (χ4v) is 4.51. The van der Waals surface area contributed by atoms with Crippen molar-refractivity contribution >= 4 is 0 Å². The zero-order valence-corrected chi connectivity index (χ0v) is 16.6. The SMILES string of the molecule is COC1CCC(N2CCC(Cc3cncc(C(C)(C)C)c3)CC2)CC1. The minimum Gasteiger partial charge on any atom is -0.381 e. The van der Waals surface area contributed by atoms with Crippen LogP contribution in [0.3, 0.4) is 0 Å². The number of hydrogen-bond acceptors (Lipinski definition) is 3. The van der Waals surface area contributed by atoms with Crippen molar-refractivity contribution in [3.05, 3.63) is 29.6 Å². The summed E-state index contributed by atoms with van der Waals surface area (Å²) in [5, 5.41) is 0. The van der Waals surface area contributed by atoms with Crippen molar-refractivity contribution in [2.75, 3.05) is 20.2 Å². The van der Waals surface area contributed by atoms with Crippen LogP contribution >= 0.6 is 0 Å². The quantitative estimate of drug-likeness (QED) is 0.799. The zero-order chi connectivity index (χ0) is 17.9. The standard InChI is InChI=1S/C22H36N2O/c1-22(2,3)19-14-18(15-23-16-19)13-17-9-11-24(12-10-17)20-5-7-21(25-4)8-6-20/h14-17,20-21H,5-13H2,1-4H3. The molecule has 0 radical (unpaired) electrons. The molecule has 0 spiro atoms. The summed E-state index contributed by atoms with van der Waals surface area (Å²) in [6.07, 6.45) is 13.6. The van der Waals surface area contributed by atoms with Crippen LogP contribution in [0.15, 0.2) is 18.5 Å². The van der Waals surface area contributed by atoms with Gasteiger partial charge in [-0.05, 0) is 80.5 Å². The first-order chi connectivity index (χ1) is 12.0. The van der Waals surface area contributed by atoms with Gasteiger partial charge in [-0.25, -0.2) is 0 Å². The van der Waals surface area contributed by atoms with Gasteiger partial charge in [0.2, 0.25) is 0 Å². The Morgan fingerprint density at radius 2 is 1.72 bits per heavy atom. The molecule has 1 aromatic rings. The van der Waals surface area contributed by atoms with Crippen molar-refractivity contribution in [1.82, 2.24) is 9.88 Å². The highest BCUT2D eigenvalue weighted by atomic mass is 16.5. The number of methoxy groups -OCH3 is 1. The lowest BCUT2D eigenvalue weighted by atomic mass is 9.84. The molecule has 0 amide bonds. The molecule has 3 rings (SSSR count).